The first-order valence-corrected chi connectivity index (χ1v) is 18.8. The van der Waals surface area contributed by atoms with Gasteiger partial charge in [0.05, 0.1) is 25.4 Å². The molecule has 0 saturated carbocycles. The van der Waals surface area contributed by atoms with Crippen LogP contribution in [0.25, 0.3) is 0 Å². The standard InChI is InChI=1S/C10H13NO.C10H12O.C9H10O2.C9H10O.C8H8O2/c1-8-3-4-10-9(7-8)11(2)5-6-12-10;1-8-4-5-10-9(7-8)3-2-6-11-10;1-7-2-3-8-9(6-7)11-5-4-10-8;1-7-2-3-9-8(6-7)4-5-10-9;1-6-2-3-7-8(4-6)10-5-9-7/h3-4,7H,5-6H2,1-2H3;4-5,7H,2-3,6H2,1H3;2-3,6H,4-5H2,1H3;2-3,6H,4-5H2,1H3;2-4H,5H2,1H3. The largest absolute Gasteiger partial charge is 0.493 e. The third kappa shape index (κ3) is 10.6. The van der Waals surface area contributed by atoms with Gasteiger partial charge in [0, 0.05) is 13.5 Å². The summed E-state index contributed by atoms with van der Waals surface area (Å²) in [7, 11) is 2.10. The second-order valence-corrected chi connectivity index (χ2v) is 14.0. The smallest absolute Gasteiger partial charge is 0.231 e. The topological polar surface area (TPSA) is 67.9 Å². The lowest BCUT2D eigenvalue weighted by Gasteiger charge is -2.27. The number of nitrogens with zero attached hydrogens (tertiary/aromatic N) is 1. The van der Waals surface area contributed by atoms with Crippen molar-refractivity contribution in [3.05, 3.63) is 130 Å². The molecule has 0 bridgehead atoms. The van der Waals surface area contributed by atoms with Gasteiger partial charge in [-0.3, -0.25) is 0 Å². The zero-order valence-corrected chi connectivity index (χ0v) is 32.5. The van der Waals surface area contributed by atoms with Crippen LogP contribution in [0.2, 0.25) is 0 Å². The molecule has 5 aromatic rings. The quantitative estimate of drug-likeness (QED) is 0.156. The molecule has 5 aromatic carbocycles. The Balaban J connectivity index is 0.000000115. The zero-order chi connectivity index (χ0) is 37.9. The summed E-state index contributed by atoms with van der Waals surface area (Å²) >= 11 is 0. The molecule has 5 heterocycles. The highest BCUT2D eigenvalue weighted by Gasteiger charge is 2.15. The monoisotopic (exact) mass is 731 g/mol. The molecule has 0 spiro atoms. The number of rotatable bonds is 0. The van der Waals surface area contributed by atoms with E-state index in [1.54, 1.807) is 0 Å². The molecule has 0 saturated heterocycles. The third-order valence-electron chi connectivity index (χ3n) is 9.34. The summed E-state index contributed by atoms with van der Waals surface area (Å²) in [6, 6.07) is 30.9. The molecule has 8 heteroatoms. The van der Waals surface area contributed by atoms with Crippen molar-refractivity contribution < 1.29 is 33.2 Å². The van der Waals surface area contributed by atoms with Crippen molar-refractivity contribution in [3.8, 4) is 40.2 Å². The van der Waals surface area contributed by atoms with Gasteiger partial charge < -0.3 is 38.1 Å². The summed E-state index contributed by atoms with van der Waals surface area (Å²) in [4.78, 5) is 2.23. The van der Waals surface area contributed by atoms with Crippen LogP contribution in [-0.4, -0.2) is 53.4 Å². The Kier molecular flexibility index (Phi) is 13.1. The van der Waals surface area contributed by atoms with Crippen LogP contribution in [0.4, 0.5) is 5.69 Å². The Morgan fingerprint density at radius 1 is 0.389 bits per heavy atom. The molecule has 0 fully saturated rings. The van der Waals surface area contributed by atoms with Gasteiger partial charge in [0.15, 0.2) is 23.0 Å². The number of hydrogen-bond donors (Lipinski definition) is 0. The van der Waals surface area contributed by atoms with Crippen LogP contribution in [0.5, 0.6) is 40.2 Å². The molecule has 0 aliphatic carbocycles. The van der Waals surface area contributed by atoms with E-state index in [1.165, 1.54) is 51.1 Å². The van der Waals surface area contributed by atoms with E-state index in [9.17, 15) is 0 Å². The van der Waals surface area contributed by atoms with Crippen LogP contribution in [-0.2, 0) is 12.8 Å². The van der Waals surface area contributed by atoms with Crippen LogP contribution >= 0.6 is 0 Å². The molecule has 0 unspecified atom stereocenters. The van der Waals surface area contributed by atoms with E-state index in [-0.39, 0.29) is 0 Å². The van der Waals surface area contributed by atoms with Gasteiger partial charge in [0.25, 0.3) is 0 Å². The SMILES string of the molecule is Cc1ccc2c(c1)CCCO2.Cc1ccc2c(c1)CCO2.Cc1ccc2c(c1)N(C)CCO2.Cc1ccc2c(c1)OCCO2.Cc1ccc2c(c1)OCO2. The molecular weight excluding hydrogens is 679 g/mol. The highest BCUT2D eigenvalue weighted by atomic mass is 16.7. The maximum atomic E-state index is 5.51. The molecule has 10 rings (SSSR count). The predicted octanol–water partition coefficient (Wildman–Crippen LogP) is 9.56. The van der Waals surface area contributed by atoms with Gasteiger partial charge in [-0.1, -0.05) is 53.6 Å². The van der Waals surface area contributed by atoms with Crippen molar-refractivity contribution in [1.82, 2.24) is 0 Å². The maximum Gasteiger partial charge on any atom is 0.231 e. The minimum absolute atomic E-state index is 0.360. The highest BCUT2D eigenvalue weighted by Crippen LogP contribution is 2.33. The van der Waals surface area contributed by atoms with E-state index in [0.717, 1.165) is 79.5 Å². The Bertz CT molecular complexity index is 1900. The molecular formula is C46H53NO7. The summed E-state index contributed by atoms with van der Waals surface area (Å²) in [6.07, 6.45) is 3.42. The minimum atomic E-state index is 0.360. The minimum Gasteiger partial charge on any atom is -0.493 e. The fraction of sp³-hybridized carbons (Fsp3) is 0.348. The molecule has 5 aliphatic heterocycles. The number of fused-ring (bicyclic) bond motifs is 5. The lowest BCUT2D eigenvalue weighted by molar-refractivity contribution is 0.171. The summed E-state index contributed by atoms with van der Waals surface area (Å²) in [5.74, 6) is 6.62. The van der Waals surface area contributed by atoms with Crippen molar-refractivity contribution >= 4 is 5.69 Å². The molecule has 0 N–H and O–H groups in total. The van der Waals surface area contributed by atoms with Crippen molar-refractivity contribution in [3.63, 3.8) is 0 Å². The number of aryl methyl sites for hydroxylation is 6. The van der Waals surface area contributed by atoms with Gasteiger partial charge in [-0.2, -0.15) is 0 Å². The summed E-state index contributed by atoms with van der Waals surface area (Å²) in [6.45, 7) is 15.6. The number of ether oxygens (including phenoxy) is 7. The van der Waals surface area contributed by atoms with E-state index in [2.05, 4.69) is 81.2 Å². The summed E-state index contributed by atoms with van der Waals surface area (Å²) in [5, 5.41) is 0. The van der Waals surface area contributed by atoms with Crippen LogP contribution in [0, 0.1) is 34.6 Å². The number of hydrogen-bond acceptors (Lipinski definition) is 8. The third-order valence-corrected chi connectivity index (χ3v) is 9.34. The van der Waals surface area contributed by atoms with Crippen molar-refractivity contribution in [2.45, 2.75) is 53.9 Å². The second kappa shape index (κ2) is 18.5. The lowest BCUT2D eigenvalue weighted by Crippen LogP contribution is -2.28. The summed E-state index contributed by atoms with van der Waals surface area (Å²) < 4.78 is 37.4. The van der Waals surface area contributed by atoms with Crippen molar-refractivity contribution in [1.29, 1.82) is 0 Å². The van der Waals surface area contributed by atoms with E-state index in [4.69, 9.17) is 33.2 Å². The van der Waals surface area contributed by atoms with Crippen molar-refractivity contribution in [2.75, 3.05) is 58.3 Å². The van der Waals surface area contributed by atoms with Gasteiger partial charge in [-0.25, -0.2) is 0 Å². The van der Waals surface area contributed by atoms with Crippen LogP contribution in [0.1, 0.15) is 45.4 Å². The maximum absolute atomic E-state index is 5.51. The number of likely N-dealkylation sites (N-methyl/N-ethyl adjacent to an activating group) is 1. The first-order valence-electron chi connectivity index (χ1n) is 18.8. The molecule has 0 aromatic heterocycles. The molecule has 284 valence electrons. The fourth-order valence-electron chi connectivity index (χ4n) is 6.42. The second-order valence-electron chi connectivity index (χ2n) is 14.0. The Morgan fingerprint density at radius 2 is 0.833 bits per heavy atom. The Morgan fingerprint density at radius 3 is 1.50 bits per heavy atom. The molecule has 0 atom stereocenters. The van der Waals surface area contributed by atoms with Gasteiger partial charge in [0.2, 0.25) is 6.79 Å². The normalized spacial score (nSPS) is 14.7. The number of anilines is 1. The average molecular weight is 732 g/mol. The van der Waals surface area contributed by atoms with E-state index in [1.807, 2.05) is 56.3 Å². The van der Waals surface area contributed by atoms with E-state index >= 15 is 0 Å². The molecule has 54 heavy (non-hydrogen) atoms. The van der Waals surface area contributed by atoms with Gasteiger partial charge in [0.1, 0.15) is 37.1 Å². The lowest BCUT2D eigenvalue weighted by atomic mass is 10.0. The fourth-order valence-corrected chi connectivity index (χ4v) is 6.42. The first kappa shape index (κ1) is 38.2. The van der Waals surface area contributed by atoms with Gasteiger partial charge >= 0.3 is 0 Å². The zero-order valence-electron chi connectivity index (χ0n) is 32.5. The predicted molar refractivity (Wildman–Crippen MR) is 215 cm³/mol. The molecule has 0 amide bonds. The Hall–Kier alpha value is -5.50. The molecule has 8 nitrogen and oxygen atoms in total. The summed E-state index contributed by atoms with van der Waals surface area (Å²) in [5.41, 5.74) is 10.3. The van der Waals surface area contributed by atoms with Gasteiger partial charge in [-0.15, -0.1) is 0 Å². The van der Waals surface area contributed by atoms with Crippen LogP contribution < -0.4 is 38.1 Å². The van der Waals surface area contributed by atoms with E-state index in [0.29, 0.717) is 20.0 Å². The van der Waals surface area contributed by atoms with Crippen molar-refractivity contribution in [2.24, 2.45) is 0 Å². The number of benzene rings is 5. The highest BCUT2D eigenvalue weighted by molar-refractivity contribution is 5.60. The molecule has 0 radical (unpaired) electrons. The Labute approximate surface area is 320 Å². The van der Waals surface area contributed by atoms with Crippen LogP contribution in [0.15, 0.2) is 91.0 Å². The van der Waals surface area contributed by atoms with Gasteiger partial charge in [-0.05, 0) is 124 Å². The average Bonchev–Trinajstić information content (AvgIpc) is 3.85. The first-order chi connectivity index (χ1) is 26.2. The van der Waals surface area contributed by atoms with Crippen LogP contribution in [0.3, 0.4) is 0 Å². The van der Waals surface area contributed by atoms with E-state index < -0.39 is 0 Å². The molecule has 5 aliphatic rings.